The number of carbonyl (C=O) groups is 2. The summed E-state index contributed by atoms with van der Waals surface area (Å²) in [6.07, 6.45) is 6.13. The maximum atomic E-state index is 12.4. The number of carbonyl (C=O) groups excluding carboxylic acids is 1. The van der Waals surface area contributed by atoms with E-state index in [1.165, 1.54) is 26.4 Å². The molecule has 0 spiro atoms. The fourth-order valence-electron chi connectivity index (χ4n) is 2.66. The molecule has 2 atom stereocenters. The van der Waals surface area contributed by atoms with Gasteiger partial charge in [0.2, 0.25) is 0 Å². The average molecular weight is 335 g/mol. The Morgan fingerprint density at radius 2 is 1.71 bits per heavy atom. The van der Waals surface area contributed by atoms with Gasteiger partial charge in [-0.3, -0.25) is 4.79 Å². The van der Waals surface area contributed by atoms with Crippen molar-refractivity contribution in [3.63, 3.8) is 0 Å². The highest BCUT2D eigenvalue weighted by atomic mass is 16.5. The molecule has 0 radical (unpaired) electrons. The van der Waals surface area contributed by atoms with E-state index in [-0.39, 0.29) is 0 Å². The van der Waals surface area contributed by atoms with Crippen LogP contribution in [0.2, 0.25) is 0 Å². The summed E-state index contributed by atoms with van der Waals surface area (Å²) in [5.74, 6) is -1.41. The number of aliphatic carboxylic acids is 1. The summed E-state index contributed by atoms with van der Waals surface area (Å²) in [4.78, 5) is 23.8. The third-order valence-electron chi connectivity index (χ3n) is 4.04. The first kappa shape index (κ1) is 20.2. The highest BCUT2D eigenvalue weighted by Crippen LogP contribution is 2.17. The Balaban J connectivity index is 2.51. The summed E-state index contributed by atoms with van der Waals surface area (Å²) in [7, 11) is 1.45. The molecule has 1 rings (SSSR count). The van der Waals surface area contributed by atoms with Crippen molar-refractivity contribution in [1.29, 1.82) is 0 Å². The molecule has 0 saturated carbocycles. The molecule has 0 aliphatic carbocycles. The number of benzene rings is 1. The minimum absolute atomic E-state index is 0.415. The topological polar surface area (TPSA) is 75.6 Å². The molecule has 24 heavy (non-hydrogen) atoms. The van der Waals surface area contributed by atoms with E-state index in [9.17, 15) is 14.7 Å². The summed E-state index contributed by atoms with van der Waals surface area (Å²) in [6, 6.07) is 8.20. The van der Waals surface area contributed by atoms with Crippen LogP contribution in [0.25, 0.3) is 0 Å². The highest BCUT2D eigenvalue weighted by molar-refractivity contribution is 5.87. The quantitative estimate of drug-likeness (QED) is 0.571. The van der Waals surface area contributed by atoms with Gasteiger partial charge >= 0.3 is 5.97 Å². The molecule has 0 aliphatic rings. The van der Waals surface area contributed by atoms with E-state index < -0.39 is 24.0 Å². The van der Waals surface area contributed by atoms with E-state index in [0.29, 0.717) is 12.0 Å². The fraction of sp³-hybridized carbons (Fsp3) is 0.579. The van der Waals surface area contributed by atoms with Gasteiger partial charge in [0.15, 0.2) is 6.10 Å². The number of ether oxygens (including phenoxy) is 1. The van der Waals surface area contributed by atoms with E-state index in [0.717, 1.165) is 19.3 Å². The lowest BCUT2D eigenvalue weighted by molar-refractivity contribution is -0.144. The van der Waals surface area contributed by atoms with Crippen molar-refractivity contribution in [1.82, 2.24) is 5.32 Å². The number of unbranched alkanes of at least 4 members (excludes halogenated alkanes) is 5. The van der Waals surface area contributed by atoms with E-state index >= 15 is 0 Å². The smallest absolute Gasteiger partial charge is 0.326 e. The van der Waals surface area contributed by atoms with Crippen LogP contribution in [-0.2, 0) is 14.3 Å². The third-order valence-corrected chi connectivity index (χ3v) is 4.04. The zero-order chi connectivity index (χ0) is 17.8. The number of carboxylic acids is 1. The van der Waals surface area contributed by atoms with Gasteiger partial charge in [-0.05, 0) is 12.0 Å². The Morgan fingerprint density at radius 3 is 2.29 bits per heavy atom. The Kier molecular flexibility index (Phi) is 9.77. The van der Waals surface area contributed by atoms with Crippen LogP contribution < -0.4 is 5.32 Å². The van der Waals surface area contributed by atoms with Gasteiger partial charge in [-0.1, -0.05) is 75.8 Å². The first-order valence-electron chi connectivity index (χ1n) is 8.71. The molecule has 1 aromatic rings. The first-order chi connectivity index (χ1) is 11.6. The molecule has 0 heterocycles. The van der Waals surface area contributed by atoms with Gasteiger partial charge < -0.3 is 15.2 Å². The second-order valence-corrected chi connectivity index (χ2v) is 5.98. The van der Waals surface area contributed by atoms with Gasteiger partial charge in [-0.2, -0.15) is 0 Å². The summed E-state index contributed by atoms with van der Waals surface area (Å²) in [5.41, 5.74) is 0.709. The highest BCUT2D eigenvalue weighted by Gasteiger charge is 2.25. The van der Waals surface area contributed by atoms with E-state index in [1.54, 1.807) is 12.1 Å². The number of nitrogens with one attached hydrogen (secondary N) is 1. The molecule has 0 unspecified atom stereocenters. The molecule has 5 nitrogen and oxygen atoms in total. The van der Waals surface area contributed by atoms with Crippen molar-refractivity contribution in [3.05, 3.63) is 35.9 Å². The van der Waals surface area contributed by atoms with Crippen LogP contribution in [0.3, 0.4) is 0 Å². The Hall–Kier alpha value is -1.88. The Bertz CT molecular complexity index is 489. The molecule has 0 saturated heterocycles. The Labute approximate surface area is 144 Å². The molecule has 1 aromatic carbocycles. The van der Waals surface area contributed by atoms with Crippen LogP contribution in [0.1, 0.15) is 63.5 Å². The van der Waals surface area contributed by atoms with Crippen LogP contribution in [0.15, 0.2) is 30.3 Å². The van der Waals surface area contributed by atoms with Crippen molar-refractivity contribution in [2.75, 3.05) is 7.11 Å². The van der Waals surface area contributed by atoms with Gasteiger partial charge in [0.1, 0.15) is 6.04 Å². The lowest BCUT2D eigenvalue weighted by atomic mass is 10.0. The number of amides is 1. The van der Waals surface area contributed by atoms with Crippen LogP contribution in [-0.4, -0.2) is 30.1 Å². The standard InChI is InChI=1S/C19H29NO4/c1-3-4-5-6-7-11-14-16(19(22)23)20-18(21)17(24-2)15-12-9-8-10-13-15/h8-10,12-13,16-17H,3-7,11,14H2,1-2H3,(H,20,21)(H,22,23)/t16-,17+/m0/s1. The number of rotatable bonds is 12. The van der Waals surface area contributed by atoms with Crippen molar-refractivity contribution in [2.24, 2.45) is 0 Å². The summed E-state index contributed by atoms with van der Waals surface area (Å²) in [6.45, 7) is 2.16. The Morgan fingerprint density at radius 1 is 1.08 bits per heavy atom. The summed E-state index contributed by atoms with van der Waals surface area (Å²) in [5, 5.41) is 11.9. The van der Waals surface area contributed by atoms with Crippen molar-refractivity contribution in [2.45, 2.75) is 64.0 Å². The average Bonchev–Trinajstić information content (AvgIpc) is 2.58. The monoisotopic (exact) mass is 335 g/mol. The molecule has 5 heteroatoms. The van der Waals surface area contributed by atoms with Gasteiger partial charge in [0, 0.05) is 7.11 Å². The number of hydrogen-bond acceptors (Lipinski definition) is 3. The molecule has 134 valence electrons. The molecule has 0 aromatic heterocycles. The summed E-state index contributed by atoms with van der Waals surface area (Å²) < 4.78 is 5.24. The minimum Gasteiger partial charge on any atom is -0.480 e. The molecule has 0 aliphatic heterocycles. The summed E-state index contributed by atoms with van der Waals surface area (Å²) >= 11 is 0. The van der Waals surface area contributed by atoms with Crippen molar-refractivity contribution < 1.29 is 19.4 Å². The molecule has 0 fully saturated rings. The molecular formula is C19H29NO4. The lowest BCUT2D eigenvalue weighted by Crippen LogP contribution is -2.43. The maximum absolute atomic E-state index is 12.4. The lowest BCUT2D eigenvalue weighted by Gasteiger charge is -2.19. The van der Waals surface area contributed by atoms with Gasteiger partial charge in [-0.15, -0.1) is 0 Å². The van der Waals surface area contributed by atoms with Crippen molar-refractivity contribution >= 4 is 11.9 Å². The second-order valence-electron chi connectivity index (χ2n) is 5.98. The van der Waals surface area contributed by atoms with Gasteiger partial charge in [0.25, 0.3) is 5.91 Å². The molecule has 1 amide bonds. The van der Waals surface area contributed by atoms with Crippen LogP contribution >= 0.6 is 0 Å². The maximum Gasteiger partial charge on any atom is 0.326 e. The minimum atomic E-state index is -1.00. The zero-order valence-electron chi connectivity index (χ0n) is 14.7. The van der Waals surface area contributed by atoms with Crippen LogP contribution in [0.5, 0.6) is 0 Å². The number of carboxylic acid groups (broad SMARTS) is 1. The third kappa shape index (κ3) is 7.13. The molecule has 0 bridgehead atoms. The SMILES string of the molecule is CCCCCCCC[C@H](NC(=O)[C@H](OC)c1ccccc1)C(=O)O. The predicted octanol–water partition coefficient (Wildman–Crippen LogP) is 3.69. The van der Waals surface area contributed by atoms with Gasteiger partial charge in [0.05, 0.1) is 0 Å². The molecular weight excluding hydrogens is 306 g/mol. The van der Waals surface area contributed by atoms with E-state index in [2.05, 4.69) is 12.2 Å². The molecule has 2 N–H and O–H groups in total. The van der Waals surface area contributed by atoms with E-state index in [1.807, 2.05) is 18.2 Å². The first-order valence-corrected chi connectivity index (χ1v) is 8.71. The zero-order valence-corrected chi connectivity index (χ0v) is 14.7. The second kappa shape index (κ2) is 11.6. The number of hydrogen-bond donors (Lipinski definition) is 2. The van der Waals surface area contributed by atoms with Crippen molar-refractivity contribution in [3.8, 4) is 0 Å². The van der Waals surface area contributed by atoms with Crippen LogP contribution in [0.4, 0.5) is 0 Å². The van der Waals surface area contributed by atoms with Gasteiger partial charge in [-0.25, -0.2) is 4.79 Å². The predicted molar refractivity (Wildman–Crippen MR) is 93.8 cm³/mol. The van der Waals surface area contributed by atoms with Crippen LogP contribution in [0, 0.1) is 0 Å². The number of methoxy groups -OCH3 is 1. The fourth-order valence-corrected chi connectivity index (χ4v) is 2.66. The van der Waals surface area contributed by atoms with E-state index in [4.69, 9.17) is 4.74 Å². The largest absolute Gasteiger partial charge is 0.480 e. The normalized spacial score (nSPS) is 13.2.